The maximum atomic E-state index is 11.6. The molecule has 0 aliphatic rings. The number of nitrogens with one attached hydrogen (secondary N) is 1. The lowest BCUT2D eigenvalue weighted by molar-refractivity contribution is -0.137. The Morgan fingerprint density at radius 3 is 2.48 bits per heavy atom. The van der Waals surface area contributed by atoms with Crippen molar-refractivity contribution in [2.45, 2.75) is 51.9 Å². The normalized spacial score (nSPS) is 10.4. The van der Waals surface area contributed by atoms with Crippen LogP contribution < -0.4 is 10.1 Å². The fourth-order valence-corrected chi connectivity index (χ4v) is 2.26. The third-order valence-electron chi connectivity index (χ3n) is 3.70. The van der Waals surface area contributed by atoms with Crippen molar-refractivity contribution >= 4 is 11.9 Å². The summed E-state index contributed by atoms with van der Waals surface area (Å²) >= 11 is 0. The van der Waals surface area contributed by atoms with Gasteiger partial charge in [0, 0.05) is 13.0 Å². The Hall–Kier alpha value is -2.08. The molecule has 140 valence electrons. The van der Waals surface area contributed by atoms with Crippen LogP contribution >= 0.6 is 0 Å². The molecule has 0 unspecified atom stereocenters. The topological polar surface area (TPSA) is 84.9 Å². The molecule has 1 amide bonds. The summed E-state index contributed by atoms with van der Waals surface area (Å²) in [6.45, 7) is 2.84. The molecule has 0 fully saturated rings. The maximum Gasteiger partial charge on any atom is 0.303 e. The zero-order chi connectivity index (χ0) is 18.3. The fourth-order valence-electron chi connectivity index (χ4n) is 2.26. The van der Waals surface area contributed by atoms with Gasteiger partial charge < -0.3 is 19.9 Å². The number of hydrogen-bond donors (Lipinski definition) is 2. The molecule has 25 heavy (non-hydrogen) atoms. The standard InChI is InChI=1S/C19H29NO5/c1-2-3-4-5-6-13-20-18(21)14-24-15-25-17-10-7-16(8-11-17)9-12-19(22)23/h7-8,10-11H,2-6,9,12-15H2,1H3,(H,20,21)(H,22,23). The number of hydrogen-bond acceptors (Lipinski definition) is 4. The minimum Gasteiger partial charge on any atom is -0.481 e. The minimum absolute atomic E-state index is 0.00159. The van der Waals surface area contributed by atoms with E-state index in [1.165, 1.54) is 19.3 Å². The van der Waals surface area contributed by atoms with Gasteiger partial charge in [-0.2, -0.15) is 0 Å². The Bertz CT molecular complexity index is 501. The number of carboxylic acid groups (broad SMARTS) is 1. The summed E-state index contributed by atoms with van der Waals surface area (Å²) in [4.78, 5) is 22.1. The van der Waals surface area contributed by atoms with Gasteiger partial charge in [-0.25, -0.2) is 0 Å². The molecule has 0 aromatic heterocycles. The predicted octanol–water partition coefficient (Wildman–Crippen LogP) is 3.14. The van der Waals surface area contributed by atoms with E-state index in [9.17, 15) is 9.59 Å². The summed E-state index contributed by atoms with van der Waals surface area (Å²) < 4.78 is 10.6. The van der Waals surface area contributed by atoms with E-state index < -0.39 is 5.97 Å². The predicted molar refractivity (Wildman–Crippen MR) is 95.6 cm³/mol. The van der Waals surface area contributed by atoms with Gasteiger partial charge in [-0.05, 0) is 30.5 Å². The molecule has 0 aliphatic heterocycles. The first-order valence-electron chi connectivity index (χ1n) is 8.89. The molecular formula is C19H29NO5. The van der Waals surface area contributed by atoms with Gasteiger partial charge in [0.1, 0.15) is 12.4 Å². The van der Waals surface area contributed by atoms with Gasteiger partial charge in [0.25, 0.3) is 0 Å². The molecule has 0 bridgehead atoms. The van der Waals surface area contributed by atoms with E-state index in [2.05, 4.69) is 12.2 Å². The average molecular weight is 351 g/mol. The second-order valence-corrected chi connectivity index (χ2v) is 5.91. The van der Waals surface area contributed by atoms with E-state index in [4.69, 9.17) is 14.6 Å². The number of carboxylic acids is 1. The van der Waals surface area contributed by atoms with Gasteiger partial charge in [-0.1, -0.05) is 44.7 Å². The number of ether oxygens (including phenoxy) is 2. The van der Waals surface area contributed by atoms with Crippen molar-refractivity contribution in [3.8, 4) is 5.75 Å². The van der Waals surface area contributed by atoms with Crippen LogP contribution in [0.4, 0.5) is 0 Å². The van der Waals surface area contributed by atoms with E-state index in [1.807, 2.05) is 12.1 Å². The van der Waals surface area contributed by atoms with Crippen LogP contribution in [-0.2, 0) is 20.7 Å². The Labute approximate surface area is 149 Å². The van der Waals surface area contributed by atoms with Gasteiger partial charge >= 0.3 is 5.97 Å². The van der Waals surface area contributed by atoms with Crippen LogP contribution in [0, 0.1) is 0 Å². The summed E-state index contributed by atoms with van der Waals surface area (Å²) in [7, 11) is 0. The Kier molecular flexibility index (Phi) is 11.1. The molecule has 0 atom stereocenters. The molecule has 0 spiro atoms. The maximum absolute atomic E-state index is 11.6. The molecule has 0 saturated carbocycles. The van der Waals surface area contributed by atoms with Gasteiger partial charge in [-0.15, -0.1) is 0 Å². The number of aliphatic carboxylic acids is 1. The van der Waals surface area contributed by atoms with Crippen molar-refractivity contribution < 1.29 is 24.2 Å². The summed E-state index contributed by atoms with van der Waals surface area (Å²) in [6, 6.07) is 7.17. The van der Waals surface area contributed by atoms with Gasteiger partial charge in [0.2, 0.25) is 5.91 Å². The number of carbonyl (C=O) groups is 2. The molecule has 1 rings (SSSR count). The Morgan fingerprint density at radius 1 is 1.08 bits per heavy atom. The Morgan fingerprint density at radius 2 is 1.80 bits per heavy atom. The van der Waals surface area contributed by atoms with Crippen LogP contribution in [0.15, 0.2) is 24.3 Å². The van der Waals surface area contributed by atoms with Crippen LogP contribution in [0.25, 0.3) is 0 Å². The summed E-state index contributed by atoms with van der Waals surface area (Å²) in [5, 5.41) is 11.5. The summed E-state index contributed by atoms with van der Waals surface area (Å²) in [5.41, 5.74) is 0.939. The number of aryl methyl sites for hydroxylation is 1. The van der Waals surface area contributed by atoms with E-state index >= 15 is 0 Å². The highest BCUT2D eigenvalue weighted by molar-refractivity contribution is 5.77. The summed E-state index contributed by atoms with van der Waals surface area (Å²) in [5.74, 6) is -0.327. The molecular weight excluding hydrogens is 322 g/mol. The van der Waals surface area contributed by atoms with Gasteiger partial charge in [-0.3, -0.25) is 9.59 Å². The van der Waals surface area contributed by atoms with Crippen LogP contribution in [0.2, 0.25) is 0 Å². The third kappa shape index (κ3) is 11.2. The lowest BCUT2D eigenvalue weighted by Crippen LogP contribution is -2.29. The fraction of sp³-hybridized carbons (Fsp3) is 0.579. The number of unbranched alkanes of at least 4 members (excludes halogenated alkanes) is 4. The smallest absolute Gasteiger partial charge is 0.303 e. The molecule has 0 radical (unpaired) electrons. The molecule has 6 nitrogen and oxygen atoms in total. The van der Waals surface area contributed by atoms with Crippen molar-refractivity contribution in [1.82, 2.24) is 5.32 Å². The van der Waals surface area contributed by atoms with Gasteiger partial charge in [0.05, 0.1) is 0 Å². The van der Waals surface area contributed by atoms with Crippen molar-refractivity contribution in [3.63, 3.8) is 0 Å². The van der Waals surface area contributed by atoms with E-state index in [-0.39, 0.29) is 25.7 Å². The summed E-state index contributed by atoms with van der Waals surface area (Å²) in [6.07, 6.45) is 6.41. The van der Waals surface area contributed by atoms with Crippen LogP contribution in [0.5, 0.6) is 5.75 Å². The number of benzene rings is 1. The molecule has 0 saturated heterocycles. The highest BCUT2D eigenvalue weighted by atomic mass is 16.7. The Balaban J connectivity index is 2.06. The molecule has 0 aliphatic carbocycles. The van der Waals surface area contributed by atoms with Gasteiger partial charge in [0.15, 0.2) is 6.79 Å². The first-order valence-corrected chi connectivity index (χ1v) is 8.89. The average Bonchev–Trinajstić information content (AvgIpc) is 2.61. The van der Waals surface area contributed by atoms with Crippen molar-refractivity contribution in [1.29, 1.82) is 0 Å². The first kappa shape index (κ1) is 21.0. The quantitative estimate of drug-likeness (QED) is 0.397. The molecule has 0 heterocycles. The van der Waals surface area contributed by atoms with E-state index in [0.717, 1.165) is 18.4 Å². The number of amides is 1. The largest absolute Gasteiger partial charge is 0.481 e. The second kappa shape index (κ2) is 13.2. The number of carbonyl (C=O) groups excluding carboxylic acids is 1. The molecule has 6 heteroatoms. The first-order chi connectivity index (χ1) is 12.1. The highest BCUT2D eigenvalue weighted by Crippen LogP contribution is 2.13. The molecule has 2 N–H and O–H groups in total. The van der Waals surface area contributed by atoms with Crippen molar-refractivity contribution in [2.24, 2.45) is 0 Å². The lowest BCUT2D eigenvalue weighted by atomic mass is 10.1. The zero-order valence-electron chi connectivity index (χ0n) is 15.0. The van der Waals surface area contributed by atoms with E-state index in [1.54, 1.807) is 12.1 Å². The monoisotopic (exact) mass is 351 g/mol. The molecule has 1 aromatic rings. The highest BCUT2D eigenvalue weighted by Gasteiger charge is 2.02. The van der Waals surface area contributed by atoms with Crippen LogP contribution in [-0.4, -0.2) is 36.9 Å². The van der Waals surface area contributed by atoms with Crippen molar-refractivity contribution in [2.75, 3.05) is 19.9 Å². The van der Waals surface area contributed by atoms with Crippen LogP contribution in [0.3, 0.4) is 0 Å². The lowest BCUT2D eigenvalue weighted by Gasteiger charge is -2.08. The minimum atomic E-state index is -0.812. The van der Waals surface area contributed by atoms with Crippen LogP contribution in [0.1, 0.15) is 51.0 Å². The molecule has 1 aromatic carbocycles. The van der Waals surface area contributed by atoms with Crippen molar-refractivity contribution in [3.05, 3.63) is 29.8 Å². The zero-order valence-corrected chi connectivity index (χ0v) is 15.0. The number of rotatable bonds is 14. The SMILES string of the molecule is CCCCCCCNC(=O)COCOc1ccc(CCC(=O)O)cc1. The third-order valence-corrected chi connectivity index (χ3v) is 3.70. The van der Waals surface area contributed by atoms with E-state index in [0.29, 0.717) is 18.7 Å². The second-order valence-electron chi connectivity index (χ2n) is 5.91.